The molecule has 0 bridgehead atoms. The minimum atomic E-state index is -0.250. The van der Waals surface area contributed by atoms with Crippen molar-refractivity contribution in [1.29, 1.82) is 0 Å². The summed E-state index contributed by atoms with van der Waals surface area (Å²) in [6.45, 7) is 8.61. The van der Waals surface area contributed by atoms with E-state index < -0.39 is 0 Å². The number of hydrogen-bond acceptors (Lipinski definition) is 5. The number of amides is 1. The van der Waals surface area contributed by atoms with Gasteiger partial charge in [-0.05, 0) is 30.0 Å². The number of nitrogens with zero attached hydrogens (tertiary/aromatic N) is 3. The number of anilines is 2. The second-order valence-corrected chi connectivity index (χ2v) is 7.25. The van der Waals surface area contributed by atoms with Crippen molar-refractivity contribution in [3.8, 4) is 0 Å². The Hall–Kier alpha value is -2.67. The van der Waals surface area contributed by atoms with Crippen LogP contribution >= 0.6 is 0 Å². The summed E-state index contributed by atoms with van der Waals surface area (Å²) >= 11 is 0. The Morgan fingerprint density at radius 3 is 2.50 bits per heavy atom. The first kappa shape index (κ1) is 20.1. The Labute approximate surface area is 165 Å². The quantitative estimate of drug-likeness (QED) is 0.828. The fourth-order valence-electron chi connectivity index (χ4n) is 3.17. The van der Waals surface area contributed by atoms with E-state index in [0.717, 1.165) is 5.69 Å². The fourth-order valence-corrected chi connectivity index (χ4v) is 3.17. The highest BCUT2D eigenvalue weighted by Crippen LogP contribution is 2.17. The predicted octanol–water partition coefficient (Wildman–Crippen LogP) is 2.40. The summed E-state index contributed by atoms with van der Waals surface area (Å²) in [6.07, 6.45) is 0.668. The van der Waals surface area contributed by atoms with Crippen molar-refractivity contribution >= 4 is 17.5 Å². The van der Waals surface area contributed by atoms with E-state index in [4.69, 9.17) is 4.74 Å². The molecule has 0 saturated carbocycles. The molecule has 7 nitrogen and oxygen atoms in total. The van der Waals surface area contributed by atoms with E-state index in [0.29, 0.717) is 50.3 Å². The van der Waals surface area contributed by atoms with Gasteiger partial charge in [0.2, 0.25) is 11.9 Å². The summed E-state index contributed by atoms with van der Waals surface area (Å²) < 4.78 is 6.84. The van der Waals surface area contributed by atoms with Crippen molar-refractivity contribution in [2.75, 3.05) is 36.5 Å². The summed E-state index contributed by atoms with van der Waals surface area (Å²) in [5, 5.41) is 2.87. The molecule has 0 radical (unpaired) electrons. The third-order valence-corrected chi connectivity index (χ3v) is 4.86. The summed E-state index contributed by atoms with van der Waals surface area (Å²) in [6, 6.07) is 9.29. The van der Waals surface area contributed by atoms with Crippen LogP contribution in [0.25, 0.3) is 0 Å². The molecule has 1 aromatic carbocycles. The highest BCUT2D eigenvalue weighted by molar-refractivity contribution is 5.90. The van der Waals surface area contributed by atoms with Gasteiger partial charge in [0.05, 0.1) is 13.2 Å². The number of hydrogen-bond donors (Lipinski definition) is 1. The molecule has 1 aliphatic rings. The molecule has 1 fully saturated rings. The first-order valence-corrected chi connectivity index (χ1v) is 9.81. The van der Waals surface area contributed by atoms with Gasteiger partial charge in [-0.2, -0.15) is 0 Å². The smallest absolute Gasteiger partial charge is 0.255 e. The Kier molecular flexibility index (Phi) is 6.46. The number of nitrogens with one attached hydrogen (secondary N) is 1. The molecule has 1 aromatic heterocycles. The van der Waals surface area contributed by atoms with Crippen molar-refractivity contribution < 1.29 is 9.53 Å². The molecular weight excluding hydrogens is 356 g/mol. The topological polar surface area (TPSA) is 76.5 Å². The van der Waals surface area contributed by atoms with E-state index >= 15 is 0 Å². The van der Waals surface area contributed by atoms with Gasteiger partial charge in [0.1, 0.15) is 6.54 Å². The van der Waals surface area contributed by atoms with Crippen LogP contribution < -0.4 is 15.8 Å². The third-order valence-electron chi connectivity index (χ3n) is 4.86. The van der Waals surface area contributed by atoms with E-state index in [9.17, 15) is 9.59 Å². The normalized spacial score (nSPS) is 14.4. The van der Waals surface area contributed by atoms with E-state index in [2.05, 4.69) is 24.1 Å². The van der Waals surface area contributed by atoms with Crippen LogP contribution in [-0.2, 0) is 22.5 Å². The van der Waals surface area contributed by atoms with Gasteiger partial charge in [-0.1, -0.05) is 32.9 Å². The molecule has 2 aromatic rings. The second-order valence-electron chi connectivity index (χ2n) is 7.25. The zero-order valence-electron chi connectivity index (χ0n) is 16.8. The van der Waals surface area contributed by atoms with E-state index in [1.54, 1.807) is 0 Å². The van der Waals surface area contributed by atoms with Crippen molar-refractivity contribution in [1.82, 2.24) is 9.55 Å². The number of carbonyl (C=O) groups is 1. The van der Waals surface area contributed by atoms with Gasteiger partial charge < -0.3 is 15.0 Å². The zero-order valence-corrected chi connectivity index (χ0v) is 16.8. The average Bonchev–Trinajstić information content (AvgIpc) is 2.70. The lowest BCUT2D eigenvalue weighted by Crippen LogP contribution is -2.42. The summed E-state index contributed by atoms with van der Waals surface area (Å²) in [4.78, 5) is 31.9. The van der Waals surface area contributed by atoms with Gasteiger partial charge in [-0.15, -0.1) is 0 Å². The summed E-state index contributed by atoms with van der Waals surface area (Å²) in [5.74, 6) is 0.723. The summed E-state index contributed by atoms with van der Waals surface area (Å²) in [7, 11) is 0. The lowest BCUT2D eigenvalue weighted by atomic mass is 10.0. The summed E-state index contributed by atoms with van der Waals surface area (Å²) in [5.41, 5.74) is 2.45. The number of morpholine rings is 1. The molecular formula is C21H28N4O3. The molecule has 3 rings (SSSR count). The van der Waals surface area contributed by atoms with Gasteiger partial charge >= 0.3 is 0 Å². The number of aryl methyl sites for hydroxylation is 1. The molecule has 1 amide bonds. The highest BCUT2D eigenvalue weighted by Gasteiger charge is 2.20. The molecule has 7 heteroatoms. The Balaban J connectivity index is 1.80. The number of benzene rings is 1. The third kappa shape index (κ3) is 4.78. The van der Waals surface area contributed by atoms with Crippen LogP contribution in [0.1, 0.15) is 37.9 Å². The van der Waals surface area contributed by atoms with Crippen LogP contribution in [0, 0.1) is 0 Å². The van der Waals surface area contributed by atoms with Gasteiger partial charge in [0.15, 0.2) is 0 Å². The van der Waals surface area contributed by atoms with Crippen molar-refractivity contribution in [3.05, 3.63) is 51.9 Å². The lowest BCUT2D eigenvalue weighted by Gasteiger charge is -2.29. The van der Waals surface area contributed by atoms with Crippen LogP contribution in [0.3, 0.4) is 0 Å². The molecule has 0 unspecified atom stereocenters. The van der Waals surface area contributed by atoms with Crippen molar-refractivity contribution in [3.63, 3.8) is 0 Å². The van der Waals surface area contributed by atoms with Crippen LogP contribution in [-0.4, -0.2) is 41.8 Å². The molecule has 1 N–H and O–H groups in total. The molecule has 150 valence electrons. The maximum atomic E-state index is 12.7. The number of ether oxygens (including phenoxy) is 1. The molecule has 28 heavy (non-hydrogen) atoms. The van der Waals surface area contributed by atoms with Gasteiger partial charge in [0.25, 0.3) is 5.56 Å². The monoisotopic (exact) mass is 384 g/mol. The SMILES string of the molecule is CCc1cc(=O)n(CC(=O)Nc2ccc(C(C)C)cc2)c(N2CCOCC2)n1. The first-order chi connectivity index (χ1) is 13.5. The minimum Gasteiger partial charge on any atom is -0.378 e. The maximum Gasteiger partial charge on any atom is 0.255 e. The molecule has 0 spiro atoms. The fraction of sp³-hybridized carbons (Fsp3) is 0.476. The van der Waals surface area contributed by atoms with Crippen LogP contribution in [0.2, 0.25) is 0 Å². The van der Waals surface area contributed by atoms with Crippen LogP contribution in [0.5, 0.6) is 0 Å². The molecule has 1 aliphatic heterocycles. The van der Waals surface area contributed by atoms with Gasteiger partial charge in [-0.3, -0.25) is 14.2 Å². The number of carbonyl (C=O) groups excluding carboxylic acids is 1. The Morgan fingerprint density at radius 2 is 1.89 bits per heavy atom. The van der Waals surface area contributed by atoms with E-state index in [-0.39, 0.29) is 18.0 Å². The molecule has 0 aliphatic carbocycles. The van der Waals surface area contributed by atoms with Crippen LogP contribution in [0.15, 0.2) is 35.1 Å². The largest absolute Gasteiger partial charge is 0.378 e. The lowest BCUT2D eigenvalue weighted by molar-refractivity contribution is -0.116. The predicted molar refractivity (Wildman–Crippen MR) is 110 cm³/mol. The van der Waals surface area contributed by atoms with E-state index in [1.165, 1.54) is 16.2 Å². The maximum absolute atomic E-state index is 12.7. The molecule has 2 heterocycles. The minimum absolute atomic E-state index is 0.0750. The molecule has 0 atom stereocenters. The first-order valence-electron chi connectivity index (χ1n) is 9.81. The van der Waals surface area contributed by atoms with Gasteiger partial charge in [-0.25, -0.2) is 4.98 Å². The van der Waals surface area contributed by atoms with E-state index in [1.807, 2.05) is 36.1 Å². The second kappa shape index (κ2) is 9.01. The zero-order chi connectivity index (χ0) is 20.1. The highest BCUT2D eigenvalue weighted by atomic mass is 16.5. The van der Waals surface area contributed by atoms with Crippen LogP contribution in [0.4, 0.5) is 11.6 Å². The number of aromatic nitrogens is 2. The van der Waals surface area contributed by atoms with Crippen molar-refractivity contribution in [2.24, 2.45) is 0 Å². The van der Waals surface area contributed by atoms with Crippen molar-refractivity contribution in [2.45, 2.75) is 39.7 Å². The molecule has 1 saturated heterocycles. The average molecular weight is 384 g/mol. The number of rotatable bonds is 6. The van der Waals surface area contributed by atoms with Gasteiger partial charge in [0, 0.05) is 30.5 Å². The standard InChI is InChI=1S/C21H28N4O3/c1-4-17-13-20(27)25(21(23-17)24-9-11-28-12-10-24)14-19(26)22-18-7-5-16(6-8-18)15(2)3/h5-8,13,15H,4,9-12,14H2,1-3H3,(H,22,26). The Bertz CT molecular complexity index is 868. The Morgan fingerprint density at radius 1 is 1.21 bits per heavy atom.